The van der Waals surface area contributed by atoms with Crippen LogP contribution in [0.2, 0.25) is 0 Å². The van der Waals surface area contributed by atoms with Gasteiger partial charge in [0, 0.05) is 25.6 Å². The lowest BCUT2D eigenvalue weighted by molar-refractivity contribution is -0.130. The Morgan fingerprint density at radius 1 is 1.71 bits per heavy atom. The minimum atomic E-state index is -0.113. The van der Waals surface area contributed by atoms with Crippen LogP contribution in [0.25, 0.3) is 0 Å². The van der Waals surface area contributed by atoms with Gasteiger partial charge in [-0.25, -0.2) is 0 Å². The first-order chi connectivity index (χ1) is 6.52. The van der Waals surface area contributed by atoms with Gasteiger partial charge in [0.05, 0.1) is 6.04 Å². The zero-order chi connectivity index (χ0) is 10.7. The maximum atomic E-state index is 11.4. The van der Waals surface area contributed by atoms with Crippen LogP contribution in [0.15, 0.2) is 0 Å². The Labute approximate surface area is 84.7 Å². The zero-order valence-corrected chi connectivity index (χ0v) is 9.04. The lowest BCUT2D eigenvalue weighted by Gasteiger charge is -2.36. The summed E-state index contributed by atoms with van der Waals surface area (Å²) in [5.41, 5.74) is 0. The van der Waals surface area contributed by atoms with E-state index in [1.807, 2.05) is 13.8 Å². The predicted octanol–water partition coefficient (Wildman–Crippen LogP) is 0.174. The van der Waals surface area contributed by atoms with E-state index < -0.39 is 0 Å². The van der Waals surface area contributed by atoms with E-state index >= 15 is 0 Å². The monoisotopic (exact) mass is 198 g/mol. The van der Waals surface area contributed by atoms with Crippen LogP contribution in [-0.4, -0.2) is 41.8 Å². The minimum absolute atomic E-state index is 0.0617. The third kappa shape index (κ3) is 2.54. The third-order valence-electron chi connectivity index (χ3n) is 2.70. The highest BCUT2D eigenvalue weighted by Crippen LogP contribution is 2.11. The molecule has 0 aromatic carbocycles. The summed E-state index contributed by atoms with van der Waals surface area (Å²) in [6, 6.07) is 0.0478. The van der Waals surface area contributed by atoms with Gasteiger partial charge in [0.1, 0.15) is 5.78 Å². The smallest absolute Gasteiger partial charge is 0.237 e. The number of nitrogens with one attached hydrogen (secondary N) is 1. The molecule has 1 heterocycles. The highest BCUT2D eigenvalue weighted by molar-refractivity contribution is 5.82. The fraction of sp³-hybridized carbons (Fsp3) is 0.800. The molecule has 14 heavy (non-hydrogen) atoms. The van der Waals surface area contributed by atoms with Gasteiger partial charge in [-0.3, -0.25) is 14.5 Å². The van der Waals surface area contributed by atoms with Crippen molar-refractivity contribution in [2.45, 2.75) is 39.3 Å². The number of amides is 1. The summed E-state index contributed by atoms with van der Waals surface area (Å²) in [5, 5.41) is 2.80. The van der Waals surface area contributed by atoms with Crippen molar-refractivity contribution in [1.82, 2.24) is 10.2 Å². The van der Waals surface area contributed by atoms with Crippen molar-refractivity contribution >= 4 is 11.7 Å². The maximum absolute atomic E-state index is 11.4. The van der Waals surface area contributed by atoms with Crippen molar-refractivity contribution in [3.05, 3.63) is 0 Å². The van der Waals surface area contributed by atoms with Gasteiger partial charge in [-0.05, 0) is 20.8 Å². The van der Waals surface area contributed by atoms with E-state index in [1.54, 1.807) is 6.92 Å². The number of carbonyl (C=O) groups excluding carboxylic acids is 2. The first-order valence-electron chi connectivity index (χ1n) is 5.05. The zero-order valence-electron chi connectivity index (χ0n) is 9.04. The Hall–Kier alpha value is -0.900. The van der Waals surface area contributed by atoms with Crippen molar-refractivity contribution in [3.8, 4) is 0 Å². The number of hydrogen-bond acceptors (Lipinski definition) is 3. The molecule has 1 N–H and O–H groups in total. The van der Waals surface area contributed by atoms with Gasteiger partial charge >= 0.3 is 0 Å². The fourth-order valence-electron chi connectivity index (χ4n) is 1.94. The molecule has 2 unspecified atom stereocenters. The molecule has 80 valence electrons. The quantitative estimate of drug-likeness (QED) is 0.703. The number of piperazine rings is 1. The predicted molar refractivity (Wildman–Crippen MR) is 53.9 cm³/mol. The molecule has 1 aliphatic rings. The highest BCUT2D eigenvalue weighted by Gasteiger charge is 2.29. The summed E-state index contributed by atoms with van der Waals surface area (Å²) in [5.74, 6) is 0.238. The Bertz CT molecular complexity index is 240. The van der Waals surface area contributed by atoms with Gasteiger partial charge in [-0.2, -0.15) is 0 Å². The Balaban J connectivity index is 2.57. The molecule has 1 saturated heterocycles. The molecule has 1 aliphatic heterocycles. The van der Waals surface area contributed by atoms with Crippen molar-refractivity contribution in [2.24, 2.45) is 0 Å². The fourth-order valence-corrected chi connectivity index (χ4v) is 1.94. The summed E-state index contributed by atoms with van der Waals surface area (Å²) in [6.45, 7) is 6.99. The highest BCUT2D eigenvalue weighted by atomic mass is 16.2. The lowest BCUT2D eigenvalue weighted by Crippen LogP contribution is -2.56. The van der Waals surface area contributed by atoms with E-state index in [0.717, 1.165) is 6.54 Å². The van der Waals surface area contributed by atoms with Crippen LogP contribution in [0.4, 0.5) is 0 Å². The van der Waals surface area contributed by atoms with E-state index in [-0.39, 0.29) is 23.8 Å². The number of hydrogen-bond donors (Lipinski definition) is 1. The van der Waals surface area contributed by atoms with E-state index in [2.05, 4.69) is 10.2 Å². The number of ketones is 1. The average Bonchev–Trinajstić information content (AvgIpc) is 2.08. The number of rotatable bonds is 3. The van der Waals surface area contributed by atoms with Crippen molar-refractivity contribution in [1.29, 1.82) is 0 Å². The van der Waals surface area contributed by atoms with Crippen LogP contribution in [0.3, 0.4) is 0 Å². The summed E-state index contributed by atoms with van der Waals surface area (Å²) in [7, 11) is 0. The Kier molecular flexibility index (Phi) is 3.63. The van der Waals surface area contributed by atoms with Crippen LogP contribution in [0, 0.1) is 0 Å². The normalized spacial score (nSPS) is 25.6. The van der Waals surface area contributed by atoms with Gasteiger partial charge in [0.15, 0.2) is 0 Å². The second kappa shape index (κ2) is 4.55. The minimum Gasteiger partial charge on any atom is -0.353 e. The summed E-state index contributed by atoms with van der Waals surface area (Å²) in [6.07, 6.45) is 0.525. The number of Topliss-reactive ketones (excluding diaryl/α,β-unsaturated/α-hetero) is 1. The molecule has 0 bridgehead atoms. The van der Waals surface area contributed by atoms with Gasteiger partial charge < -0.3 is 5.32 Å². The SMILES string of the molecule is CC(=O)CC(C)N1CCNC(=O)C1C. The van der Waals surface area contributed by atoms with Crippen molar-refractivity contribution < 1.29 is 9.59 Å². The van der Waals surface area contributed by atoms with Crippen LogP contribution < -0.4 is 5.32 Å². The molecule has 2 atom stereocenters. The van der Waals surface area contributed by atoms with E-state index in [4.69, 9.17) is 0 Å². The molecule has 0 aliphatic carbocycles. The van der Waals surface area contributed by atoms with Crippen LogP contribution in [0.1, 0.15) is 27.2 Å². The molecule has 1 fully saturated rings. The van der Waals surface area contributed by atoms with Crippen LogP contribution in [-0.2, 0) is 9.59 Å². The first-order valence-corrected chi connectivity index (χ1v) is 5.05. The van der Waals surface area contributed by atoms with Crippen molar-refractivity contribution in [2.75, 3.05) is 13.1 Å². The summed E-state index contributed by atoms with van der Waals surface area (Å²) >= 11 is 0. The van der Waals surface area contributed by atoms with Crippen LogP contribution in [0.5, 0.6) is 0 Å². The summed E-state index contributed by atoms with van der Waals surface area (Å²) < 4.78 is 0. The molecule has 4 heteroatoms. The van der Waals surface area contributed by atoms with E-state index in [0.29, 0.717) is 13.0 Å². The lowest BCUT2D eigenvalue weighted by atomic mass is 10.1. The molecule has 1 rings (SSSR count). The molecule has 0 spiro atoms. The largest absolute Gasteiger partial charge is 0.353 e. The molecule has 0 saturated carbocycles. The van der Waals surface area contributed by atoms with Gasteiger partial charge in [0.25, 0.3) is 0 Å². The Morgan fingerprint density at radius 3 is 2.93 bits per heavy atom. The topological polar surface area (TPSA) is 49.4 Å². The standard InChI is InChI=1S/C10H18N2O2/c1-7(6-8(2)13)12-5-4-11-10(14)9(12)3/h7,9H,4-6H2,1-3H3,(H,11,14). The number of carbonyl (C=O) groups is 2. The van der Waals surface area contributed by atoms with Gasteiger partial charge in [0.2, 0.25) is 5.91 Å². The van der Waals surface area contributed by atoms with Gasteiger partial charge in [-0.1, -0.05) is 0 Å². The van der Waals surface area contributed by atoms with E-state index in [1.165, 1.54) is 0 Å². The third-order valence-corrected chi connectivity index (χ3v) is 2.70. The second-order valence-electron chi connectivity index (χ2n) is 3.96. The van der Waals surface area contributed by atoms with E-state index in [9.17, 15) is 9.59 Å². The molecule has 1 amide bonds. The molecular formula is C10H18N2O2. The number of nitrogens with zero attached hydrogens (tertiary/aromatic N) is 1. The Morgan fingerprint density at radius 2 is 2.36 bits per heavy atom. The van der Waals surface area contributed by atoms with Crippen LogP contribution >= 0.6 is 0 Å². The van der Waals surface area contributed by atoms with Crippen molar-refractivity contribution in [3.63, 3.8) is 0 Å². The molecule has 0 aromatic heterocycles. The average molecular weight is 198 g/mol. The molecular weight excluding hydrogens is 180 g/mol. The molecule has 0 aromatic rings. The second-order valence-corrected chi connectivity index (χ2v) is 3.96. The first kappa shape index (κ1) is 11.2. The molecule has 4 nitrogen and oxygen atoms in total. The summed E-state index contributed by atoms with van der Waals surface area (Å²) in [4.78, 5) is 24.4. The molecule has 0 radical (unpaired) electrons. The maximum Gasteiger partial charge on any atom is 0.237 e. The van der Waals surface area contributed by atoms with Gasteiger partial charge in [-0.15, -0.1) is 0 Å².